The molecule has 6 heteroatoms. The van der Waals surface area contributed by atoms with Crippen LogP contribution in [0.4, 0.5) is 5.69 Å². The smallest absolute Gasteiger partial charge is 0.270 e. The largest absolute Gasteiger partial charge is 0.323 e. The Morgan fingerprint density at radius 1 is 1.38 bits per heavy atom. The molecule has 1 aliphatic carbocycles. The summed E-state index contributed by atoms with van der Waals surface area (Å²) in [5.74, 6) is 5.19. The van der Waals surface area contributed by atoms with E-state index in [9.17, 15) is 14.9 Å². The van der Waals surface area contributed by atoms with E-state index in [-0.39, 0.29) is 24.3 Å². The molecule has 0 saturated carbocycles. The van der Waals surface area contributed by atoms with Crippen LogP contribution in [0.3, 0.4) is 0 Å². The van der Waals surface area contributed by atoms with Crippen molar-refractivity contribution in [2.45, 2.75) is 12.8 Å². The second kappa shape index (κ2) is 3.73. The molecule has 1 aromatic rings. The van der Waals surface area contributed by atoms with Crippen molar-refractivity contribution < 1.29 is 9.72 Å². The van der Waals surface area contributed by atoms with E-state index in [1.165, 1.54) is 12.1 Å². The molecule has 0 bridgehead atoms. The minimum atomic E-state index is -0.481. The van der Waals surface area contributed by atoms with E-state index in [1.54, 1.807) is 6.07 Å². The van der Waals surface area contributed by atoms with Gasteiger partial charge in [0.25, 0.3) is 5.69 Å². The average molecular weight is 219 g/mol. The lowest BCUT2D eigenvalue weighted by Gasteiger charge is -2.15. The fourth-order valence-corrected chi connectivity index (χ4v) is 1.77. The Balaban J connectivity index is 2.56. The number of hydrogen-bond acceptors (Lipinski definition) is 5. The molecule has 2 rings (SSSR count). The van der Waals surface area contributed by atoms with Crippen LogP contribution in [-0.4, -0.2) is 16.4 Å². The van der Waals surface area contributed by atoms with E-state index in [0.717, 1.165) is 5.56 Å². The lowest BCUT2D eigenvalue weighted by Crippen LogP contribution is -2.21. The molecule has 0 aliphatic heterocycles. The van der Waals surface area contributed by atoms with Crippen LogP contribution in [-0.2, 0) is 11.2 Å². The first-order chi connectivity index (χ1) is 7.61. The van der Waals surface area contributed by atoms with Crippen LogP contribution in [0.25, 0.3) is 0 Å². The summed E-state index contributed by atoms with van der Waals surface area (Å²) in [6, 6.07) is 4.37. The van der Waals surface area contributed by atoms with Gasteiger partial charge < -0.3 is 5.84 Å². The van der Waals surface area contributed by atoms with E-state index < -0.39 is 4.92 Å². The topological polar surface area (TPSA) is 98.6 Å². The van der Waals surface area contributed by atoms with Crippen LogP contribution < -0.4 is 5.84 Å². The summed E-state index contributed by atoms with van der Waals surface area (Å²) in [6.07, 6.45) is 0.428. The average Bonchev–Trinajstić information content (AvgIpc) is 2.27. The second-order valence-electron chi connectivity index (χ2n) is 3.57. The Kier molecular flexibility index (Phi) is 2.40. The number of benzene rings is 1. The van der Waals surface area contributed by atoms with Gasteiger partial charge >= 0.3 is 0 Å². The summed E-state index contributed by atoms with van der Waals surface area (Å²) >= 11 is 0. The lowest BCUT2D eigenvalue weighted by atomic mass is 9.89. The summed E-state index contributed by atoms with van der Waals surface area (Å²) < 4.78 is 0. The number of nitrogens with zero attached hydrogens (tertiary/aromatic N) is 2. The number of hydrogen-bond donors (Lipinski definition) is 1. The maximum Gasteiger partial charge on any atom is 0.270 e. The molecule has 0 saturated heterocycles. The number of Topliss-reactive ketones (excluding diaryl/α,β-unsaturated/α-hetero) is 1. The van der Waals surface area contributed by atoms with Gasteiger partial charge in [0.1, 0.15) is 5.78 Å². The van der Waals surface area contributed by atoms with Crippen molar-refractivity contribution in [3.05, 3.63) is 39.4 Å². The fourth-order valence-electron chi connectivity index (χ4n) is 1.77. The highest BCUT2D eigenvalue weighted by Crippen LogP contribution is 2.24. The Labute approximate surface area is 90.9 Å². The summed E-state index contributed by atoms with van der Waals surface area (Å²) in [6.45, 7) is 0. The molecule has 6 nitrogen and oxygen atoms in total. The number of carbonyl (C=O) groups excluding carboxylic acids is 1. The predicted octanol–water partition coefficient (Wildman–Crippen LogP) is 0.773. The number of fused-ring (bicyclic) bond motifs is 1. The zero-order chi connectivity index (χ0) is 11.7. The third-order valence-corrected chi connectivity index (χ3v) is 2.52. The van der Waals surface area contributed by atoms with Crippen molar-refractivity contribution >= 4 is 17.2 Å². The van der Waals surface area contributed by atoms with Gasteiger partial charge in [-0.1, -0.05) is 6.07 Å². The first-order valence-electron chi connectivity index (χ1n) is 4.68. The lowest BCUT2D eigenvalue weighted by molar-refractivity contribution is -0.384. The molecule has 0 spiro atoms. The number of nitrogens with two attached hydrogens (primary N) is 1. The number of nitro benzene ring substituents is 1. The SMILES string of the molecule is NN=C1CC(=O)Cc2ccc([N+](=O)[O-])cc21. The molecular formula is C10H9N3O3. The van der Waals surface area contributed by atoms with Crippen molar-refractivity contribution in [3.63, 3.8) is 0 Å². The van der Waals surface area contributed by atoms with Crippen molar-refractivity contribution in [2.24, 2.45) is 10.9 Å². The molecule has 0 aromatic heterocycles. The zero-order valence-corrected chi connectivity index (χ0v) is 8.34. The van der Waals surface area contributed by atoms with Gasteiger partial charge in [0, 0.05) is 24.1 Å². The first-order valence-corrected chi connectivity index (χ1v) is 4.68. The molecule has 1 aliphatic rings. The van der Waals surface area contributed by atoms with Crippen LogP contribution in [0.5, 0.6) is 0 Å². The first kappa shape index (κ1) is 10.3. The van der Waals surface area contributed by atoms with Crippen LogP contribution in [0.15, 0.2) is 23.3 Å². The Morgan fingerprint density at radius 3 is 2.75 bits per heavy atom. The molecule has 0 heterocycles. The Hall–Kier alpha value is -2.24. The van der Waals surface area contributed by atoms with Crippen molar-refractivity contribution in [3.8, 4) is 0 Å². The van der Waals surface area contributed by atoms with E-state index in [1.807, 2.05) is 0 Å². The molecular weight excluding hydrogens is 210 g/mol. The second-order valence-corrected chi connectivity index (χ2v) is 3.57. The standard InChI is InChI=1S/C10H9N3O3/c11-12-10-5-8(14)3-6-1-2-7(13(15)16)4-9(6)10/h1-2,4H,3,5,11H2. The quantitative estimate of drug-likeness (QED) is 0.428. The molecule has 0 amide bonds. The molecule has 0 fully saturated rings. The minimum absolute atomic E-state index is 0.0190. The summed E-state index contributed by atoms with van der Waals surface area (Å²) in [7, 11) is 0. The van der Waals surface area contributed by atoms with E-state index in [0.29, 0.717) is 11.3 Å². The van der Waals surface area contributed by atoms with Gasteiger partial charge in [-0.2, -0.15) is 5.10 Å². The summed E-state index contributed by atoms with van der Waals surface area (Å²) in [5, 5.41) is 14.1. The van der Waals surface area contributed by atoms with Crippen molar-refractivity contribution in [2.75, 3.05) is 0 Å². The van der Waals surface area contributed by atoms with E-state index >= 15 is 0 Å². The van der Waals surface area contributed by atoms with Crippen LogP contribution >= 0.6 is 0 Å². The third-order valence-electron chi connectivity index (χ3n) is 2.52. The molecule has 1 aromatic carbocycles. The molecule has 16 heavy (non-hydrogen) atoms. The van der Waals surface area contributed by atoms with Crippen LogP contribution in [0.1, 0.15) is 17.5 Å². The maximum absolute atomic E-state index is 11.3. The summed E-state index contributed by atoms with van der Waals surface area (Å²) in [4.78, 5) is 21.5. The van der Waals surface area contributed by atoms with Gasteiger partial charge in [-0.3, -0.25) is 14.9 Å². The van der Waals surface area contributed by atoms with Gasteiger partial charge in [0.2, 0.25) is 0 Å². The third kappa shape index (κ3) is 1.65. The van der Waals surface area contributed by atoms with Crippen molar-refractivity contribution in [1.82, 2.24) is 0 Å². The number of ketones is 1. The summed E-state index contributed by atoms with van der Waals surface area (Å²) in [5.41, 5.74) is 1.74. The molecule has 82 valence electrons. The van der Waals surface area contributed by atoms with Crippen LogP contribution in [0.2, 0.25) is 0 Å². The maximum atomic E-state index is 11.3. The number of nitro groups is 1. The molecule has 0 radical (unpaired) electrons. The highest BCUT2D eigenvalue weighted by molar-refractivity contribution is 6.15. The Morgan fingerprint density at radius 2 is 2.12 bits per heavy atom. The van der Waals surface area contributed by atoms with Gasteiger partial charge in [0.05, 0.1) is 17.1 Å². The monoisotopic (exact) mass is 219 g/mol. The van der Waals surface area contributed by atoms with Crippen LogP contribution in [0, 0.1) is 10.1 Å². The van der Waals surface area contributed by atoms with Gasteiger partial charge in [0.15, 0.2) is 0 Å². The van der Waals surface area contributed by atoms with E-state index in [4.69, 9.17) is 5.84 Å². The minimum Gasteiger partial charge on any atom is -0.323 e. The normalized spacial score (nSPS) is 17.2. The van der Waals surface area contributed by atoms with Crippen molar-refractivity contribution in [1.29, 1.82) is 0 Å². The highest BCUT2D eigenvalue weighted by Gasteiger charge is 2.23. The molecule has 0 atom stereocenters. The van der Waals surface area contributed by atoms with Gasteiger partial charge in [-0.15, -0.1) is 0 Å². The number of non-ortho nitro benzene ring substituents is 1. The van der Waals surface area contributed by atoms with Gasteiger partial charge in [-0.05, 0) is 5.56 Å². The van der Waals surface area contributed by atoms with Gasteiger partial charge in [-0.25, -0.2) is 0 Å². The molecule has 2 N–H and O–H groups in total. The highest BCUT2D eigenvalue weighted by atomic mass is 16.6. The van der Waals surface area contributed by atoms with E-state index in [2.05, 4.69) is 5.10 Å². The number of hydrazone groups is 1. The molecule has 0 unspecified atom stereocenters. The Bertz CT molecular complexity index is 508. The zero-order valence-electron chi connectivity index (χ0n) is 8.34. The predicted molar refractivity (Wildman–Crippen MR) is 57.1 cm³/mol. The fraction of sp³-hybridized carbons (Fsp3) is 0.200. The number of rotatable bonds is 1. The number of carbonyl (C=O) groups is 1.